The lowest BCUT2D eigenvalue weighted by atomic mass is 10.2. The van der Waals surface area contributed by atoms with Gasteiger partial charge in [-0.2, -0.15) is 5.26 Å². The highest BCUT2D eigenvalue weighted by atomic mass is 16.4. The molecule has 1 aromatic heterocycles. The minimum atomic E-state index is -0.805. The molecule has 0 aromatic carbocycles. The number of nitriles is 1. The van der Waals surface area contributed by atoms with E-state index in [1.165, 1.54) is 0 Å². The molecule has 5 nitrogen and oxygen atoms in total. The molecule has 0 fully saturated rings. The molecule has 84 valence electrons. The number of aliphatic carboxylic acids is 1. The Kier molecular flexibility index (Phi) is 4.28. The summed E-state index contributed by atoms with van der Waals surface area (Å²) in [7, 11) is 1.82. The summed E-state index contributed by atoms with van der Waals surface area (Å²) in [5, 5.41) is 17.4. The Morgan fingerprint density at radius 3 is 3.06 bits per heavy atom. The highest BCUT2D eigenvalue weighted by Gasteiger charge is 2.07. The predicted molar refractivity (Wildman–Crippen MR) is 59.1 cm³/mol. The highest BCUT2D eigenvalue weighted by molar-refractivity contribution is 5.66. The normalized spacial score (nSPS) is 9.50. The van der Waals surface area contributed by atoms with Crippen molar-refractivity contribution in [3.63, 3.8) is 0 Å². The van der Waals surface area contributed by atoms with Crippen molar-refractivity contribution < 1.29 is 9.90 Å². The number of aromatic nitrogens is 1. The minimum absolute atomic E-state index is 0.131. The third kappa shape index (κ3) is 3.24. The Bertz CT molecular complexity index is 412. The first-order valence-corrected chi connectivity index (χ1v) is 4.92. The first-order valence-electron chi connectivity index (χ1n) is 4.92. The minimum Gasteiger partial charge on any atom is -0.481 e. The number of carbonyl (C=O) groups is 1. The molecule has 1 heterocycles. The SMILES string of the molecule is CN(CCCC(=O)O)c1cnccc1C#N. The zero-order valence-corrected chi connectivity index (χ0v) is 9.05. The summed E-state index contributed by atoms with van der Waals surface area (Å²) in [5.74, 6) is -0.805. The molecular formula is C11H13N3O2. The van der Waals surface area contributed by atoms with Gasteiger partial charge in [-0.15, -0.1) is 0 Å². The van der Waals surface area contributed by atoms with E-state index in [1.807, 2.05) is 11.9 Å². The van der Waals surface area contributed by atoms with Crippen LogP contribution < -0.4 is 4.90 Å². The molecule has 0 radical (unpaired) electrons. The maximum absolute atomic E-state index is 10.4. The lowest BCUT2D eigenvalue weighted by Crippen LogP contribution is -2.20. The summed E-state index contributed by atoms with van der Waals surface area (Å²) in [4.78, 5) is 16.1. The molecule has 1 rings (SSSR count). The smallest absolute Gasteiger partial charge is 0.303 e. The first-order chi connectivity index (χ1) is 7.65. The van der Waals surface area contributed by atoms with E-state index in [0.29, 0.717) is 18.5 Å². The molecule has 0 saturated carbocycles. The van der Waals surface area contributed by atoms with Crippen molar-refractivity contribution in [2.24, 2.45) is 0 Å². The number of hydrogen-bond acceptors (Lipinski definition) is 4. The van der Waals surface area contributed by atoms with Crippen molar-refractivity contribution in [3.8, 4) is 6.07 Å². The van der Waals surface area contributed by atoms with Crippen LogP contribution in [0.1, 0.15) is 18.4 Å². The van der Waals surface area contributed by atoms with E-state index in [-0.39, 0.29) is 6.42 Å². The topological polar surface area (TPSA) is 77.2 Å². The molecule has 0 unspecified atom stereocenters. The predicted octanol–water partition coefficient (Wildman–Crippen LogP) is 1.25. The molecular weight excluding hydrogens is 206 g/mol. The number of carboxylic acids is 1. The molecule has 16 heavy (non-hydrogen) atoms. The zero-order valence-electron chi connectivity index (χ0n) is 9.05. The van der Waals surface area contributed by atoms with E-state index in [0.717, 1.165) is 5.69 Å². The molecule has 0 amide bonds. The maximum atomic E-state index is 10.4. The van der Waals surface area contributed by atoms with Gasteiger partial charge in [0.25, 0.3) is 0 Å². The number of hydrogen-bond donors (Lipinski definition) is 1. The molecule has 0 saturated heterocycles. The summed E-state index contributed by atoms with van der Waals surface area (Å²) in [6.07, 6.45) is 3.85. The lowest BCUT2D eigenvalue weighted by Gasteiger charge is -2.19. The Morgan fingerprint density at radius 1 is 1.69 bits per heavy atom. The first kappa shape index (κ1) is 12.0. The fourth-order valence-corrected chi connectivity index (χ4v) is 1.37. The average Bonchev–Trinajstić information content (AvgIpc) is 2.28. The van der Waals surface area contributed by atoms with Crippen molar-refractivity contribution in [2.45, 2.75) is 12.8 Å². The van der Waals surface area contributed by atoms with Crippen LogP contribution in [0.5, 0.6) is 0 Å². The number of pyridine rings is 1. The van der Waals surface area contributed by atoms with Gasteiger partial charge in [-0.1, -0.05) is 0 Å². The third-order valence-electron chi connectivity index (χ3n) is 2.22. The number of carboxylic acid groups (broad SMARTS) is 1. The molecule has 0 atom stereocenters. The van der Waals surface area contributed by atoms with Gasteiger partial charge < -0.3 is 10.0 Å². The summed E-state index contributed by atoms with van der Waals surface area (Å²) >= 11 is 0. The third-order valence-corrected chi connectivity index (χ3v) is 2.22. The maximum Gasteiger partial charge on any atom is 0.303 e. The molecule has 0 bridgehead atoms. The molecule has 0 aliphatic heterocycles. The Balaban J connectivity index is 2.62. The van der Waals surface area contributed by atoms with Crippen molar-refractivity contribution in [2.75, 3.05) is 18.5 Å². The Hall–Kier alpha value is -2.09. The lowest BCUT2D eigenvalue weighted by molar-refractivity contribution is -0.137. The summed E-state index contributed by atoms with van der Waals surface area (Å²) in [6, 6.07) is 3.72. The van der Waals surface area contributed by atoms with E-state index >= 15 is 0 Å². The number of anilines is 1. The van der Waals surface area contributed by atoms with E-state index in [9.17, 15) is 4.79 Å². The summed E-state index contributed by atoms with van der Waals surface area (Å²) in [5.41, 5.74) is 1.28. The highest BCUT2D eigenvalue weighted by Crippen LogP contribution is 2.16. The van der Waals surface area contributed by atoms with Gasteiger partial charge in [0.15, 0.2) is 0 Å². The van der Waals surface area contributed by atoms with Crippen LogP contribution in [0.2, 0.25) is 0 Å². The molecule has 0 spiro atoms. The van der Waals surface area contributed by atoms with E-state index < -0.39 is 5.97 Å². The molecule has 1 N–H and O–H groups in total. The molecule has 5 heteroatoms. The van der Waals surface area contributed by atoms with Gasteiger partial charge in [0.1, 0.15) is 6.07 Å². The summed E-state index contributed by atoms with van der Waals surface area (Å²) < 4.78 is 0. The van der Waals surface area contributed by atoms with Gasteiger partial charge in [-0.3, -0.25) is 9.78 Å². The van der Waals surface area contributed by atoms with Crippen molar-refractivity contribution in [1.82, 2.24) is 4.98 Å². The molecule has 0 aliphatic rings. The van der Waals surface area contributed by atoms with Gasteiger partial charge in [0.2, 0.25) is 0 Å². The monoisotopic (exact) mass is 219 g/mol. The van der Waals surface area contributed by atoms with E-state index in [4.69, 9.17) is 10.4 Å². The van der Waals surface area contributed by atoms with Crippen molar-refractivity contribution >= 4 is 11.7 Å². The van der Waals surface area contributed by atoms with Crippen LogP contribution >= 0.6 is 0 Å². The molecule has 0 aliphatic carbocycles. The second-order valence-electron chi connectivity index (χ2n) is 3.42. The summed E-state index contributed by atoms with van der Waals surface area (Å²) in [6.45, 7) is 0.590. The van der Waals surface area contributed by atoms with Gasteiger partial charge in [0.05, 0.1) is 17.4 Å². The van der Waals surface area contributed by atoms with Crippen LogP contribution in [0.15, 0.2) is 18.5 Å². The van der Waals surface area contributed by atoms with Crippen molar-refractivity contribution in [1.29, 1.82) is 5.26 Å². The second-order valence-corrected chi connectivity index (χ2v) is 3.42. The Morgan fingerprint density at radius 2 is 2.44 bits per heavy atom. The van der Waals surface area contributed by atoms with Crippen LogP contribution in [0.4, 0.5) is 5.69 Å². The van der Waals surface area contributed by atoms with Gasteiger partial charge in [-0.25, -0.2) is 0 Å². The fraction of sp³-hybridized carbons (Fsp3) is 0.364. The average molecular weight is 219 g/mol. The van der Waals surface area contributed by atoms with Crippen molar-refractivity contribution in [3.05, 3.63) is 24.0 Å². The van der Waals surface area contributed by atoms with Crippen LogP contribution in [0.3, 0.4) is 0 Å². The van der Waals surface area contributed by atoms with Crippen LogP contribution in [0, 0.1) is 11.3 Å². The second kappa shape index (κ2) is 5.71. The zero-order chi connectivity index (χ0) is 12.0. The van der Waals surface area contributed by atoms with Gasteiger partial charge >= 0.3 is 5.97 Å². The molecule has 1 aromatic rings. The van der Waals surface area contributed by atoms with Gasteiger partial charge in [-0.05, 0) is 12.5 Å². The van der Waals surface area contributed by atoms with Gasteiger partial charge in [0, 0.05) is 26.2 Å². The number of nitrogens with zero attached hydrogens (tertiary/aromatic N) is 3. The quantitative estimate of drug-likeness (QED) is 0.806. The van der Waals surface area contributed by atoms with E-state index in [2.05, 4.69) is 11.1 Å². The van der Waals surface area contributed by atoms with E-state index in [1.54, 1.807) is 18.5 Å². The van der Waals surface area contributed by atoms with Crippen LogP contribution in [0.25, 0.3) is 0 Å². The standard InChI is InChI=1S/C11H13N3O2/c1-14(6-2-3-11(15)16)10-8-13-5-4-9(10)7-12/h4-5,8H,2-3,6H2,1H3,(H,15,16). The Labute approximate surface area is 93.9 Å². The number of rotatable bonds is 5. The van der Waals surface area contributed by atoms with Crippen LogP contribution in [-0.4, -0.2) is 29.7 Å². The largest absolute Gasteiger partial charge is 0.481 e. The fourth-order valence-electron chi connectivity index (χ4n) is 1.37. The van der Waals surface area contributed by atoms with Crippen LogP contribution in [-0.2, 0) is 4.79 Å².